The van der Waals surface area contributed by atoms with E-state index < -0.39 is 61.4 Å². The number of hydrogen-bond acceptors (Lipinski definition) is 4. The molecule has 2 fully saturated rings. The van der Waals surface area contributed by atoms with Gasteiger partial charge in [-0.05, 0) is 12.8 Å². The zero-order valence-corrected chi connectivity index (χ0v) is 16.6. The first-order valence-electron chi connectivity index (χ1n) is 9.62. The molecule has 10 heteroatoms. The number of carbonyl (C=O) groups excluding carboxylic acids is 2. The van der Waals surface area contributed by atoms with Crippen LogP contribution in [0.5, 0.6) is 0 Å². The molecule has 0 radical (unpaired) electrons. The zero-order valence-electron chi connectivity index (χ0n) is 16.6. The van der Waals surface area contributed by atoms with Gasteiger partial charge in [0.25, 0.3) is 5.92 Å². The van der Waals surface area contributed by atoms with Gasteiger partial charge in [-0.15, -0.1) is 0 Å². The minimum absolute atomic E-state index is 0.0693. The van der Waals surface area contributed by atoms with Crippen LogP contribution in [0.15, 0.2) is 10.6 Å². The summed E-state index contributed by atoms with van der Waals surface area (Å²) in [5.41, 5.74) is -0.360. The zero-order chi connectivity index (χ0) is 21.6. The lowest BCUT2D eigenvalue weighted by atomic mass is 9.85. The van der Waals surface area contributed by atoms with Crippen molar-refractivity contribution in [3.63, 3.8) is 0 Å². The number of carbonyl (C=O) groups is 2. The second-order valence-corrected chi connectivity index (χ2v) is 8.99. The first kappa shape index (κ1) is 21.6. The van der Waals surface area contributed by atoms with Gasteiger partial charge in [0.2, 0.25) is 17.7 Å². The van der Waals surface area contributed by atoms with Gasteiger partial charge in [-0.25, -0.2) is 17.6 Å². The molecule has 1 aliphatic carbocycles. The van der Waals surface area contributed by atoms with Crippen LogP contribution in [0.4, 0.5) is 23.4 Å². The van der Waals surface area contributed by atoms with Gasteiger partial charge in [0.05, 0.1) is 6.54 Å². The molecule has 1 saturated heterocycles. The Bertz CT molecular complexity index is 778. The molecule has 6 nitrogen and oxygen atoms in total. The lowest BCUT2D eigenvalue weighted by molar-refractivity contribution is -0.144. The third-order valence-electron chi connectivity index (χ3n) is 5.42. The number of aromatic nitrogens is 1. The van der Waals surface area contributed by atoms with Crippen molar-refractivity contribution in [2.45, 2.75) is 76.2 Å². The van der Waals surface area contributed by atoms with Gasteiger partial charge >= 0.3 is 0 Å². The molecule has 1 N–H and O–H groups in total. The lowest BCUT2D eigenvalue weighted by Crippen LogP contribution is -2.47. The average molecular weight is 419 g/mol. The highest BCUT2D eigenvalue weighted by Gasteiger charge is 2.52. The van der Waals surface area contributed by atoms with Gasteiger partial charge in [-0.2, -0.15) is 0 Å². The first-order valence-corrected chi connectivity index (χ1v) is 9.62. The lowest BCUT2D eigenvalue weighted by Gasteiger charge is -2.32. The molecule has 3 rings (SSSR count). The van der Waals surface area contributed by atoms with Crippen molar-refractivity contribution in [3.05, 3.63) is 11.8 Å². The summed E-state index contributed by atoms with van der Waals surface area (Å²) in [6, 6.07) is 0.107. The molecule has 1 aromatic heterocycles. The van der Waals surface area contributed by atoms with Crippen LogP contribution in [0.3, 0.4) is 0 Å². The maximum atomic E-state index is 14.0. The Kier molecular flexibility index (Phi) is 5.42. The summed E-state index contributed by atoms with van der Waals surface area (Å²) in [4.78, 5) is 26.2. The van der Waals surface area contributed by atoms with Gasteiger partial charge in [-0.1, -0.05) is 25.9 Å². The van der Waals surface area contributed by atoms with Crippen LogP contribution in [-0.4, -0.2) is 46.3 Å². The topological polar surface area (TPSA) is 75.4 Å². The van der Waals surface area contributed by atoms with Gasteiger partial charge in [-0.3, -0.25) is 9.59 Å². The summed E-state index contributed by atoms with van der Waals surface area (Å²) in [6.07, 6.45) is -1.91. The van der Waals surface area contributed by atoms with Crippen LogP contribution in [0, 0.1) is 5.92 Å². The third-order valence-corrected chi connectivity index (χ3v) is 5.42. The second-order valence-electron chi connectivity index (χ2n) is 8.99. The van der Waals surface area contributed by atoms with Gasteiger partial charge in [0.1, 0.15) is 11.8 Å². The number of halogens is 4. The Hall–Kier alpha value is -2.13. The summed E-state index contributed by atoms with van der Waals surface area (Å²) in [7, 11) is 0. The van der Waals surface area contributed by atoms with Crippen LogP contribution >= 0.6 is 0 Å². The van der Waals surface area contributed by atoms with E-state index in [1.165, 1.54) is 6.07 Å². The normalized spacial score (nSPS) is 24.5. The summed E-state index contributed by atoms with van der Waals surface area (Å²) < 4.78 is 59.9. The summed E-state index contributed by atoms with van der Waals surface area (Å²) in [5, 5.41) is 6.15. The number of nitrogens with zero attached hydrogens (tertiary/aromatic N) is 2. The van der Waals surface area contributed by atoms with Crippen molar-refractivity contribution in [1.29, 1.82) is 0 Å². The summed E-state index contributed by atoms with van der Waals surface area (Å²) in [6.45, 7) is 4.74. The predicted molar refractivity (Wildman–Crippen MR) is 95.8 cm³/mol. The van der Waals surface area contributed by atoms with E-state index in [2.05, 4.69) is 10.5 Å². The first-order chi connectivity index (χ1) is 13.3. The highest BCUT2D eigenvalue weighted by atomic mass is 19.3. The molecule has 1 aliphatic heterocycles. The van der Waals surface area contributed by atoms with Crippen LogP contribution < -0.4 is 5.32 Å². The molecule has 2 amide bonds. The highest BCUT2D eigenvalue weighted by Crippen LogP contribution is 2.40. The molecule has 1 atom stereocenters. The third kappa shape index (κ3) is 4.90. The van der Waals surface area contributed by atoms with E-state index in [1.807, 2.05) is 20.8 Å². The van der Waals surface area contributed by atoms with E-state index in [0.29, 0.717) is 5.76 Å². The van der Waals surface area contributed by atoms with Crippen molar-refractivity contribution in [1.82, 2.24) is 10.1 Å². The molecule has 1 saturated carbocycles. The monoisotopic (exact) mass is 419 g/mol. The molecule has 0 spiro atoms. The molecule has 2 aliphatic rings. The quantitative estimate of drug-likeness (QED) is 0.753. The smallest absolute Gasteiger partial charge is 0.267 e. The molecular formula is C19H25F4N3O3. The van der Waals surface area contributed by atoms with Crippen molar-refractivity contribution in [2.24, 2.45) is 5.92 Å². The Labute approximate surface area is 166 Å². The second kappa shape index (κ2) is 7.28. The predicted octanol–water partition coefficient (Wildman–Crippen LogP) is 3.97. The minimum atomic E-state index is -3.23. The minimum Gasteiger partial charge on any atom is -0.359 e. The SMILES string of the molecule is CC(C)(C)c1cc(NC(=O)[C@@H]2CC(F)(F)CN2C(=O)C2CCC(F)(F)CC2)no1. The number of nitrogens with one attached hydrogen (secondary N) is 1. The van der Waals surface area contributed by atoms with E-state index in [1.54, 1.807) is 0 Å². The number of rotatable bonds is 3. The number of hydrogen-bond donors (Lipinski definition) is 1. The standard InChI is InChI=1S/C19H25F4N3O3/c1-17(2,3)13-8-14(25-29-13)24-15(27)12-9-19(22,23)10-26(12)16(28)11-4-6-18(20,21)7-5-11/h8,11-12H,4-7,9-10H2,1-3H3,(H,24,25,27)/t12-/m0/s1. The Morgan fingerprint density at radius 2 is 1.79 bits per heavy atom. The number of alkyl halides is 4. The average Bonchev–Trinajstić information content (AvgIpc) is 3.18. The van der Waals surface area contributed by atoms with E-state index in [-0.39, 0.29) is 24.1 Å². The van der Waals surface area contributed by atoms with Crippen molar-refractivity contribution in [3.8, 4) is 0 Å². The summed E-state index contributed by atoms with van der Waals surface area (Å²) in [5.74, 6) is -7.74. The van der Waals surface area contributed by atoms with Crippen LogP contribution in [0.1, 0.15) is 58.6 Å². The fraction of sp³-hybridized carbons (Fsp3) is 0.737. The Morgan fingerprint density at radius 3 is 2.34 bits per heavy atom. The van der Waals surface area contributed by atoms with Gasteiger partial charge < -0.3 is 14.7 Å². The van der Waals surface area contributed by atoms with E-state index in [9.17, 15) is 27.2 Å². The van der Waals surface area contributed by atoms with Gasteiger partial charge in [0.15, 0.2) is 5.82 Å². The molecule has 0 unspecified atom stereocenters. The largest absolute Gasteiger partial charge is 0.359 e. The number of amides is 2. The number of likely N-dealkylation sites (tertiary alicyclic amines) is 1. The Morgan fingerprint density at radius 1 is 1.17 bits per heavy atom. The molecule has 1 aromatic rings. The van der Waals surface area contributed by atoms with Crippen LogP contribution in [0.25, 0.3) is 0 Å². The van der Waals surface area contributed by atoms with Crippen LogP contribution in [-0.2, 0) is 15.0 Å². The maximum Gasteiger partial charge on any atom is 0.267 e. The van der Waals surface area contributed by atoms with Crippen molar-refractivity contribution >= 4 is 17.6 Å². The van der Waals surface area contributed by atoms with Crippen LogP contribution in [0.2, 0.25) is 0 Å². The van der Waals surface area contributed by atoms with E-state index in [0.717, 1.165) is 4.90 Å². The molecular weight excluding hydrogens is 394 g/mol. The fourth-order valence-corrected chi connectivity index (χ4v) is 3.70. The fourth-order valence-electron chi connectivity index (χ4n) is 3.70. The van der Waals surface area contributed by atoms with Crippen molar-refractivity contribution in [2.75, 3.05) is 11.9 Å². The number of anilines is 1. The molecule has 2 heterocycles. The molecule has 0 aromatic carbocycles. The Balaban J connectivity index is 1.71. The highest BCUT2D eigenvalue weighted by molar-refractivity contribution is 5.97. The van der Waals surface area contributed by atoms with E-state index >= 15 is 0 Å². The molecule has 29 heavy (non-hydrogen) atoms. The molecule has 162 valence electrons. The van der Waals surface area contributed by atoms with E-state index in [4.69, 9.17) is 4.52 Å². The van der Waals surface area contributed by atoms with Gasteiger partial charge in [0, 0.05) is 36.7 Å². The van der Waals surface area contributed by atoms with Crippen molar-refractivity contribution < 1.29 is 31.7 Å². The molecule has 0 bridgehead atoms. The summed E-state index contributed by atoms with van der Waals surface area (Å²) >= 11 is 0. The maximum absolute atomic E-state index is 14.0.